The van der Waals surface area contributed by atoms with Crippen LogP contribution in [0.2, 0.25) is 0 Å². The highest BCUT2D eigenvalue weighted by atomic mass is 32.1. The predicted molar refractivity (Wildman–Crippen MR) is 103 cm³/mol. The van der Waals surface area contributed by atoms with Gasteiger partial charge in [-0.2, -0.15) is 0 Å². The highest BCUT2D eigenvalue weighted by Crippen LogP contribution is 2.36. The van der Waals surface area contributed by atoms with Gasteiger partial charge in [0.15, 0.2) is 5.13 Å². The van der Waals surface area contributed by atoms with Gasteiger partial charge >= 0.3 is 0 Å². The van der Waals surface area contributed by atoms with Gasteiger partial charge in [-0.3, -0.25) is 0 Å². The third kappa shape index (κ3) is 4.08. The number of thiazole rings is 1. The van der Waals surface area contributed by atoms with Gasteiger partial charge in [0.25, 0.3) is 0 Å². The lowest BCUT2D eigenvalue weighted by Gasteiger charge is -2.28. The molecular formula is C19H27N3OS. The van der Waals surface area contributed by atoms with Gasteiger partial charge in [-0.1, -0.05) is 62.4 Å². The molecule has 1 aromatic heterocycles. The molecule has 1 aliphatic heterocycles. The first kappa shape index (κ1) is 17.2. The second kappa shape index (κ2) is 7.99. The topological polar surface area (TPSA) is 37.4 Å². The molecule has 5 heteroatoms. The quantitative estimate of drug-likeness (QED) is 0.846. The Morgan fingerprint density at radius 3 is 2.54 bits per heavy atom. The van der Waals surface area contributed by atoms with Gasteiger partial charge < -0.3 is 15.0 Å². The SMILES string of the molecule is CC(C)c1nc(NCC(C)c2ccccc2)sc1N1CCOCC1. The van der Waals surface area contributed by atoms with Gasteiger partial charge in [-0.25, -0.2) is 4.98 Å². The van der Waals surface area contributed by atoms with Crippen molar-refractivity contribution in [3.8, 4) is 0 Å². The van der Waals surface area contributed by atoms with Crippen molar-refractivity contribution in [1.29, 1.82) is 0 Å². The maximum atomic E-state index is 5.48. The lowest BCUT2D eigenvalue weighted by molar-refractivity contribution is 0.123. The molecule has 0 radical (unpaired) electrons. The van der Waals surface area contributed by atoms with Crippen LogP contribution >= 0.6 is 11.3 Å². The van der Waals surface area contributed by atoms with Crippen molar-refractivity contribution in [2.45, 2.75) is 32.6 Å². The number of ether oxygens (including phenoxy) is 1. The second-order valence-electron chi connectivity index (χ2n) is 6.66. The molecule has 2 aromatic rings. The van der Waals surface area contributed by atoms with Crippen LogP contribution in [0.15, 0.2) is 30.3 Å². The molecule has 1 unspecified atom stereocenters. The lowest BCUT2D eigenvalue weighted by Crippen LogP contribution is -2.36. The molecular weight excluding hydrogens is 318 g/mol. The number of hydrogen-bond acceptors (Lipinski definition) is 5. The Labute approximate surface area is 148 Å². The van der Waals surface area contributed by atoms with E-state index >= 15 is 0 Å². The average Bonchev–Trinajstić information content (AvgIpc) is 3.06. The molecule has 3 rings (SSSR count). The van der Waals surface area contributed by atoms with Crippen LogP contribution in [0.5, 0.6) is 0 Å². The van der Waals surface area contributed by atoms with Gasteiger partial charge in [-0.15, -0.1) is 0 Å². The molecule has 2 heterocycles. The zero-order valence-electron chi connectivity index (χ0n) is 14.8. The monoisotopic (exact) mass is 345 g/mol. The van der Waals surface area contributed by atoms with Crippen LogP contribution in [-0.4, -0.2) is 37.8 Å². The Bertz CT molecular complexity index is 635. The van der Waals surface area contributed by atoms with Crippen LogP contribution in [0.4, 0.5) is 10.1 Å². The Hall–Kier alpha value is -1.59. The molecule has 0 saturated carbocycles. The van der Waals surface area contributed by atoms with Gasteiger partial charge in [0.1, 0.15) is 5.00 Å². The van der Waals surface area contributed by atoms with E-state index in [2.05, 4.69) is 61.3 Å². The van der Waals surface area contributed by atoms with Crippen LogP contribution in [0.3, 0.4) is 0 Å². The predicted octanol–water partition coefficient (Wildman–Crippen LogP) is 4.32. The zero-order valence-corrected chi connectivity index (χ0v) is 15.6. The molecule has 4 nitrogen and oxygen atoms in total. The fourth-order valence-corrected chi connectivity index (χ4v) is 4.09. The van der Waals surface area contributed by atoms with Crippen LogP contribution in [0, 0.1) is 0 Å². The van der Waals surface area contributed by atoms with Gasteiger partial charge in [0, 0.05) is 19.6 Å². The molecule has 0 aliphatic carbocycles. The van der Waals surface area contributed by atoms with Gasteiger partial charge in [0.05, 0.1) is 18.9 Å². The summed E-state index contributed by atoms with van der Waals surface area (Å²) in [5.74, 6) is 0.894. The normalized spacial score (nSPS) is 16.4. The minimum absolute atomic E-state index is 0.432. The Morgan fingerprint density at radius 1 is 1.17 bits per heavy atom. The number of nitrogens with zero attached hydrogens (tertiary/aromatic N) is 2. The van der Waals surface area contributed by atoms with E-state index in [0.29, 0.717) is 11.8 Å². The first-order chi connectivity index (χ1) is 11.6. The minimum Gasteiger partial charge on any atom is -0.378 e. The van der Waals surface area contributed by atoms with E-state index in [-0.39, 0.29) is 0 Å². The van der Waals surface area contributed by atoms with Crippen molar-refractivity contribution in [2.75, 3.05) is 43.1 Å². The summed E-state index contributed by atoms with van der Waals surface area (Å²) in [6.45, 7) is 11.1. The van der Waals surface area contributed by atoms with Crippen LogP contribution in [0.1, 0.15) is 43.9 Å². The standard InChI is InChI=1S/C19H27N3OS/c1-14(2)17-18(22-9-11-23-12-10-22)24-19(21-17)20-13-15(3)16-7-5-4-6-8-16/h4-8,14-15H,9-13H2,1-3H3,(H,20,21). The summed E-state index contributed by atoms with van der Waals surface area (Å²) in [5.41, 5.74) is 2.57. The molecule has 130 valence electrons. The summed E-state index contributed by atoms with van der Waals surface area (Å²) in [4.78, 5) is 7.29. The second-order valence-corrected chi connectivity index (χ2v) is 7.63. The number of aromatic nitrogens is 1. The fraction of sp³-hybridized carbons (Fsp3) is 0.526. The van der Waals surface area contributed by atoms with Gasteiger partial charge in [-0.05, 0) is 17.4 Å². The summed E-state index contributed by atoms with van der Waals surface area (Å²) in [5, 5.41) is 5.89. The van der Waals surface area contributed by atoms with E-state index in [4.69, 9.17) is 9.72 Å². The number of morpholine rings is 1. The van der Waals surface area contributed by atoms with E-state index < -0.39 is 0 Å². The minimum atomic E-state index is 0.432. The molecule has 1 fully saturated rings. The Balaban J connectivity index is 1.69. The van der Waals surface area contributed by atoms with Crippen molar-refractivity contribution >= 4 is 21.5 Å². The molecule has 0 spiro atoms. The number of hydrogen-bond donors (Lipinski definition) is 1. The van der Waals surface area contributed by atoms with E-state index in [1.165, 1.54) is 16.3 Å². The molecule has 1 aromatic carbocycles. The summed E-state index contributed by atoms with van der Waals surface area (Å²) >= 11 is 1.78. The highest BCUT2D eigenvalue weighted by Gasteiger charge is 2.21. The number of rotatable bonds is 6. The number of nitrogens with one attached hydrogen (secondary N) is 1. The van der Waals surface area contributed by atoms with E-state index in [1.54, 1.807) is 11.3 Å². The third-order valence-corrected chi connectivity index (χ3v) is 5.50. The molecule has 1 atom stereocenters. The Morgan fingerprint density at radius 2 is 1.88 bits per heavy atom. The summed E-state index contributed by atoms with van der Waals surface area (Å²) in [6.07, 6.45) is 0. The fourth-order valence-electron chi connectivity index (χ4n) is 2.91. The highest BCUT2D eigenvalue weighted by molar-refractivity contribution is 7.19. The van der Waals surface area contributed by atoms with E-state index in [9.17, 15) is 0 Å². The summed E-state index contributed by atoms with van der Waals surface area (Å²) in [6, 6.07) is 10.6. The lowest BCUT2D eigenvalue weighted by atomic mass is 10.0. The zero-order chi connectivity index (χ0) is 16.9. The van der Waals surface area contributed by atoms with Crippen molar-refractivity contribution in [2.24, 2.45) is 0 Å². The average molecular weight is 346 g/mol. The van der Waals surface area contributed by atoms with Crippen LogP contribution in [0.25, 0.3) is 0 Å². The first-order valence-corrected chi connectivity index (χ1v) is 9.59. The van der Waals surface area contributed by atoms with Crippen molar-refractivity contribution in [1.82, 2.24) is 4.98 Å². The first-order valence-electron chi connectivity index (χ1n) is 8.77. The molecule has 0 bridgehead atoms. The number of anilines is 2. The van der Waals surface area contributed by atoms with Gasteiger partial charge in [0.2, 0.25) is 0 Å². The largest absolute Gasteiger partial charge is 0.378 e. The molecule has 24 heavy (non-hydrogen) atoms. The Kier molecular flexibility index (Phi) is 5.74. The van der Waals surface area contributed by atoms with Crippen molar-refractivity contribution in [3.63, 3.8) is 0 Å². The third-order valence-electron chi connectivity index (χ3n) is 4.41. The maximum Gasteiger partial charge on any atom is 0.184 e. The maximum absolute atomic E-state index is 5.48. The molecule has 1 aliphatic rings. The summed E-state index contributed by atoms with van der Waals surface area (Å²) < 4.78 is 5.48. The molecule has 1 saturated heterocycles. The van der Waals surface area contributed by atoms with E-state index in [0.717, 1.165) is 38.0 Å². The molecule has 0 amide bonds. The van der Waals surface area contributed by atoms with Crippen molar-refractivity contribution in [3.05, 3.63) is 41.6 Å². The smallest absolute Gasteiger partial charge is 0.184 e. The van der Waals surface area contributed by atoms with E-state index in [1.807, 2.05) is 0 Å². The van der Waals surface area contributed by atoms with Crippen molar-refractivity contribution < 1.29 is 4.74 Å². The van der Waals surface area contributed by atoms with Crippen LogP contribution < -0.4 is 10.2 Å². The summed E-state index contributed by atoms with van der Waals surface area (Å²) in [7, 11) is 0. The number of benzene rings is 1. The molecule has 1 N–H and O–H groups in total. The van der Waals surface area contributed by atoms with Crippen LogP contribution in [-0.2, 0) is 4.74 Å².